The number of fused-ring (bicyclic) bond motifs is 5. The quantitative estimate of drug-likeness (QED) is 0.336. The van der Waals surface area contributed by atoms with Gasteiger partial charge in [-0.2, -0.15) is 9.97 Å². The monoisotopic (exact) mass is 682 g/mol. The highest BCUT2D eigenvalue weighted by Gasteiger charge is 2.57. The van der Waals surface area contributed by atoms with Crippen LogP contribution in [-0.4, -0.2) is 85.3 Å². The molecule has 0 spiro atoms. The number of allylic oxidation sites excluding steroid dienone is 6. The Morgan fingerprint density at radius 2 is 1.49 bits per heavy atom. The Morgan fingerprint density at radius 1 is 0.851 bits per heavy atom. The summed E-state index contributed by atoms with van der Waals surface area (Å²) in [5.41, 5.74) is 2.72. The molecule has 4 heterocycles. The van der Waals surface area contributed by atoms with Gasteiger partial charge in [0, 0.05) is 69.8 Å². The van der Waals surface area contributed by atoms with Crippen LogP contribution in [0.4, 0.5) is 17.6 Å². The first-order valence-electron chi connectivity index (χ1n) is 17.9. The SMILES string of the molecule is C[C@]12C=CC(=O)C=C1CC[C@@H]1C2=CC[C@]2(C)[C@@H](C(=O)CN3CCN(c4cc(N5CCCC5)nc(N5CCCC5)n4)CC3)CC[C@@H]12.Cl.Cl. The Labute approximate surface area is 292 Å². The highest BCUT2D eigenvalue weighted by Crippen LogP contribution is 2.64. The van der Waals surface area contributed by atoms with Gasteiger partial charge in [0.2, 0.25) is 5.95 Å². The molecule has 3 aliphatic heterocycles. The first-order chi connectivity index (χ1) is 21.8. The summed E-state index contributed by atoms with van der Waals surface area (Å²) in [5.74, 6) is 4.82. The second-order valence-electron chi connectivity index (χ2n) is 15.4. The van der Waals surface area contributed by atoms with Crippen LogP contribution in [0.2, 0.25) is 0 Å². The van der Waals surface area contributed by atoms with Crippen molar-refractivity contribution in [3.8, 4) is 0 Å². The first-order valence-corrected chi connectivity index (χ1v) is 17.9. The molecule has 10 heteroatoms. The van der Waals surface area contributed by atoms with Gasteiger partial charge < -0.3 is 14.7 Å². The van der Waals surface area contributed by atoms with E-state index in [9.17, 15) is 9.59 Å². The van der Waals surface area contributed by atoms with Crippen molar-refractivity contribution in [1.29, 1.82) is 0 Å². The maximum absolute atomic E-state index is 14.0. The molecule has 0 unspecified atom stereocenters. The molecule has 47 heavy (non-hydrogen) atoms. The normalized spacial score (nSPS) is 33.4. The van der Waals surface area contributed by atoms with Crippen molar-refractivity contribution in [2.24, 2.45) is 28.6 Å². The van der Waals surface area contributed by atoms with Gasteiger partial charge in [-0.25, -0.2) is 0 Å². The standard InChI is InChI=1S/C37H50N6O2.2ClH/c1-36-13-11-27(44)23-26(36)7-8-28-29-9-10-31(37(29,2)14-12-30(28)36)32(45)25-40-19-21-42(22-20-40)34-24-33(41-15-3-4-16-41)38-35(39-34)43-17-5-6-18-43;;/h11-13,23-24,28-29,31H,3-10,14-22,25H2,1-2H3;2*1H/t28-,29-,31+,36-,37-;;/m0../s1. The van der Waals surface area contributed by atoms with E-state index in [4.69, 9.17) is 9.97 Å². The van der Waals surface area contributed by atoms with Crippen LogP contribution in [0, 0.1) is 28.6 Å². The number of hydrogen-bond donors (Lipinski definition) is 0. The van der Waals surface area contributed by atoms with Crippen molar-refractivity contribution in [3.05, 3.63) is 41.5 Å². The molecule has 7 aliphatic rings. The predicted molar refractivity (Wildman–Crippen MR) is 193 cm³/mol. The molecule has 8 rings (SSSR count). The number of hydrogen-bond acceptors (Lipinski definition) is 8. The molecule has 0 N–H and O–H groups in total. The van der Waals surface area contributed by atoms with Crippen molar-refractivity contribution < 1.29 is 9.59 Å². The highest BCUT2D eigenvalue weighted by atomic mass is 35.5. The molecule has 1 aromatic rings. The molecule has 5 fully saturated rings. The zero-order valence-electron chi connectivity index (χ0n) is 28.2. The van der Waals surface area contributed by atoms with E-state index < -0.39 is 0 Å². The van der Waals surface area contributed by atoms with E-state index in [1.165, 1.54) is 36.8 Å². The summed E-state index contributed by atoms with van der Waals surface area (Å²) in [6.07, 6.45) is 18.4. The molecule has 2 saturated carbocycles. The number of rotatable bonds is 6. The minimum Gasteiger partial charge on any atom is -0.356 e. The number of Topliss-reactive ketones (excluding diaryl/α,β-unsaturated/α-hetero) is 1. The Hall–Kier alpha value is -2.42. The van der Waals surface area contributed by atoms with Crippen molar-refractivity contribution in [2.75, 3.05) is 73.6 Å². The Bertz CT molecular complexity index is 1420. The van der Waals surface area contributed by atoms with E-state index in [-0.39, 0.29) is 47.3 Å². The van der Waals surface area contributed by atoms with E-state index >= 15 is 0 Å². The smallest absolute Gasteiger partial charge is 0.229 e. The van der Waals surface area contributed by atoms with Crippen LogP contribution < -0.4 is 14.7 Å². The minimum absolute atomic E-state index is 0. The van der Waals surface area contributed by atoms with Crippen molar-refractivity contribution in [1.82, 2.24) is 14.9 Å². The molecule has 0 bridgehead atoms. The Balaban J connectivity index is 0.00000193. The lowest BCUT2D eigenvalue weighted by Crippen LogP contribution is -2.50. The average Bonchev–Trinajstić information content (AvgIpc) is 3.83. The van der Waals surface area contributed by atoms with Gasteiger partial charge in [0.25, 0.3) is 0 Å². The molecule has 0 aromatic carbocycles. The second-order valence-corrected chi connectivity index (χ2v) is 15.4. The van der Waals surface area contributed by atoms with Crippen LogP contribution in [0.5, 0.6) is 0 Å². The zero-order valence-corrected chi connectivity index (χ0v) is 29.8. The molecule has 1 aromatic heterocycles. The van der Waals surface area contributed by atoms with Gasteiger partial charge in [-0.05, 0) is 94.1 Å². The fourth-order valence-electron chi connectivity index (χ4n) is 10.3. The highest BCUT2D eigenvalue weighted by molar-refractivity contribution is 6.01. The van der Waals surface area contributed by atoms with Crippen LogP contribution >= 0.6 is 24.8 Å². The van der Waals surface area contributed by atoms with Crippen LogP contribution in [-0.2, 0) is 9.59 Å². The summed E-state index contributed by atoms with van der Waals surface area (Å²) in [5, 5.41) is 0. The third-order valence-corrected chi connectivity index (χ3v) is 12.9. The summed E-state index contributed by atoms with van der Waals surface area (Å²) >= 11 is 0. The van der Waals surface area contributed by atoms with Gasteiger partial charge in [0.15, 0.2) is 5.78 Å². The maximum atomic E-state index is 14.0. The van der Waals surface area contributed by atoms with Crippen LogP contribution in [0.25, 0.3) is 0 Å². The predicted octanol–water partition coefficient (Wildman–Crippen LogP) is 6.06. The Morgan fingerprint density at radius 3 is 2.17 bits per heavy atom. The summed E-state index contributed by atoms with van der Waals surface area (Å²) in [7, 11) is 0. The molecule has 8 nitrogen and oxygen atoms in total. The van der Waals surface area contributed by atoms with Gasteiger partial charge in [-0.1, -0.05) is 30.2 Å². The lowest BCUT2D eigenvalue weighted by atomic mass is 9.52. The van der Waals surface area contributed by atoms with Gasteiger partial charge in [-0.15, -0.1) is 24.8 Å². The molecule has 0 amide bonds. The molecular weight excluding hydrogens is 631 g/mol. The van der Waals surface area contributed by atoms with E-state index in [1.54, 1.807) is 6.08 Å². The number of piperazine rings is 1. The van der Waals surface area contributed by atoms with Crippen LogP contribution in [0.15, 0.2) is 41.5 Å². The summed E-state index contributed by atoms with van der Waals surface area (Å²) in [6.45, 7) is 13.1. The Kier molecular flexibility index (Phi) is 9.87. The molecule has 4 aliphatic carbocycles. The van der Waals surface area contributed by atoms with Crippen LogP contribution in [0.1, 0.15) is 71.6 Å². The van der Waals surface area contributed by atoms with E-state index in [1.807, 2.05) is 6.08 Å². The number of halogens is 2. The first kappa shape index (κ1) is 34.4. The molecule has 0 radical (unpaired) electrons. The number of ketones is 2. The van der Waals surface area contributed by atoms with Gasteiger partial charge >= 0.3 is 0 Å². The lowest BCUT2D eigenvalue weighted by Gasteiger charge is -2.52. The van der Waals surface area contributed by atoms with Crippen LogP contribution in [0.3, 0.4) is 0 Å². The van der Waals surface area contributed by atoms with E-state index in [0.717, 1.165) is 102 Å². The molecule has 256 valence electrons. The summed E-state index contributed by atoms with van der Waals surface area (Å²) in [4.78, 5) is 45.8. The topological polar surface area (TPSA) is 72.9 Å². The average molecular weight is 684 g/mol. The molecular formula is C37H52Cl2N6O2. The van der Waals surface area contributed by atoms with Gasteiger partial charge in [-0.3, -0.25) is 14.5 Å². The minimum atomic E-state index is -0.117. The maximum Gasteiger partial charge on any atom is 0.229 e. The van der Waals surface area contributed by atoms with Gasteiger partial charge in [0.1, 0.15) is 17.4 Å². The summed E-state index contributed by atoms with van der Waals surface area (Å²) in [6, 6.07) is 2.21. The zero-order chi connectivity index (χ0) is 30.8. The largest absolute Gasteiger partial charge is 0.356 e. The number of nitrogens with zero attached hydrogens (tertiary/aromatic N) is 6. The second kappa shape index (κ2) is 13.5. The number of carbonyl (C=O) groups is 2. The van der Waals surface area contributed by atoms with E-state index in [2.05, 4.69) is 51.7 Å². The fraction of sp³-hybridized carbons (Fsp3) is 0.676. The fourth-order valence-corrected chi connectivity index (χ4v) is 10.3. The number of anilines is 3. The van der Waals surface area contributed by atoms with Crippen molar-refractivity contribution in [2.45, 2.75) is 71.6 Å². The molecule has 3 saturated heterocycles. The third kappa shape index (κ3) is 6.05. The number of carbonyl (C=O) groups excluding carboxylic acids is 2. The van der Waals surface area contributed by atoms with Crippen molar-refractivity contribution >= 4 is 54.0 Å². The lowest BCUT2D eigenvalue weighted by molar-refractivity contribution is -0.128. The summed E-state index contributed by atoms with van der Waals surface area (Å²) < 4.78 is 0. The van der Waals surface area contributed by atoms with Gasteiger partial charge in [0.05, 0.1) is 6.54 Å². The number of aromatic nitrogens is 2. The molecule has 5 atom stereocenters. The third-order valence-electron chi connectivity index (χ3n) is 12.9. The van der Waals surface area contributed by atoms with E-state index in [0.29, 0.717) is 24.2 Å². The van der Waals surface area contributed by atoms with Crippen molar-refractivity contribution in [3.63, 3.8) is 0 Å².